The Morgan fingerprint density at radius 3 is 1.36 bits per heavy atom. The third kappa shape index (κ3) is 18.5. The maximum atomic E-state index is 11.7. The van der Waals surface area contributed by atoms with Crippen molar-refractivity contribution in [3.63, 3.8) is 0 Å². The fourth-order valence-corrected chi connectivity index (χ4v) is 2.61. The maximum absolute atomic E-state index is 11.7. The molecule has 0 heterocycles. The molecule has 25 heavy (non-hydrogen) atoms. The predicted molar refractivity (Wildman–Crippen MR) is 105 cm³/mol. The minimum absolute atomic E-state index is 0. The molecule has 0 aromatic heterocycles. The van der Waals surface area contributed by atoms with Gasteiger partial charge in [-0.25, -0.2) is 0 Å². The average molecular weight is 367 g/mol. The van der Waals surface area contributed by atoms with Gasteiger partial charge >= 0.3 is 41.5 Å². The van der Waals surface area contributed by atoms with E-state index in [4.69, 9.17) is 9.47 Å². The summed E-state index contributed by atoms with van der Waals surface area (Å²) in [5.41, 5.74) is 0. The van der Waals surface area contributed by atoms with Crippen LogP contribution in [0.15, 0.2) is 0 Å². The van der Waals surface area contributed by atoms with Gasteiger partial charge in [-0.05, 0) is 39.5 Å². The molecular weight excluding hydrogens is 327 g/mol. The molecule has 2 atom stereocenters. The van der Waals surface area contributed by atoms with Crippen molar-refractivity contribution in [2.75, 3.05) is 0 Å². The molecule has 0 aliphatic carbocycles. The third-order valence-corrected chi connectivity index (χ3v) is 4.13. The van der Waals surface area contributed by atoms with Crippen molar-refractivity contribution in [2.45, 2.75) is 117 Å². The molecule has 0 saturated heterocycles. The molecule has 144 valence electrons. The standard InChI is InChI=1S/C20H38O4.Na.H/c1-5-7-9-11-13-17(3)23-19(21)15-16-20(22)24-18(4)14-12-10-8-6-2;;/h17-18H,5-16H2,1-4H3;;. The number of hydrogen-bond donors (Lipinski definition) is 0. The Morgan fingerprint density at radius 2 is 1.04 bits per heavy atom. The van der Waals surface area contributed by atoms with Gasteiger partial charge in [0, 0.05) is 0 Å². The van der Waals surface area contributed by atoms with Crippen LogP contribution >= 0.6 is 0 Å². The van der Waals surface area contributed by atoms with Gasteiger partial charge in [0.2, 0.25) is 0 Å². The quantitative estimate of drug-likeness (QED) is 0.234. The molecule has 0 spiro atoms. The van der Waals surface area contributed by atoms with Gasteiger partial charge in [0.05, 0.1) is 25.0 Å². The summed E-state index contributed by atoms with van der Waals surface area (Å²) in [4.78, 5) is 23.5. The van der Waals surface area contributed by atoms with Crippen molar-refractivity contribution in [2.24, 2.45) is 0 Å². The number of unbranched alkanes of at least 4 members (excludes halogenated alkanes) is 6. The SMILES string of the molecule is CCCCCCC(C)OC(=O)CCC(=O)OC(C)CCCCCC.[NaH]. The Hall–Kier alpha value is -0.0600. The molecular formula is C20H39NaO4. The van der Waals surface area contributed by atoms with E-state index in [0.29, 0.717) is 0 Å². The van der Waals surface area contributed by atoms with E-state index in [-0.39, 0.29) is 66.5 Å². The van der Waals surface area contributed by atoms with Crippen LogP contribution in [-0.4, -0.2) is 53.7 Å². The van der Waals surface area contributed by atoms with Crippen LogP contribution in [0.25, 0.3) is 0 Å². The van der Waals surface area contributed by atoms with Crippen molar-refractivity contribution in [3.05, 3.63) is 0 Å². The van der Waals surface area contributed by atoms with E-state index in [9.17, 15) is 9.59 Å². The van der Waals surface area contributed by atoms with Gasteiger partial charge < -0.3 is 9.47 Å². The topological polar surface area (TPSA) is 52.6 Å². The second-order valence-electron chi connectivity index (χ2n) is 6.80. The minimum atomic E-state index is -0.300. The molecule has 0 radical (unpaired) electrons. The van der Waals surface area contributed by atoms with Gasteiger partial charge in [-0.15, -0.1) is 0 Å². The molecule has 0 N–H and O–H groups in total. The number of esters is 2. The van der Waals surface area contributed by atoms with E-state index >= 15 is 0 Å². The molecule has 2 unspecified atom stereocenters. The summed E-state index contributed by atoms with van der Waals surface area (Å²) < 4.78 is 10.7. The van der Waals surface area contributed by atoms with Gasteiger partial charge in [-0.1, -0.05) is 52.4 Å². The molecule has 0 aromatic rings. The molecule has 5 heteroatoms. The summed E-state index contributed by atoms with van der Waals surface area (Å²) in [5, 5.41) is 0. The predicted octanol–water partition coefficient (Wildman–Crippen LogP) is 4.92. The molecule has 0 fully saturated rings. The molecule has 0 saturated carbocycles. The Labute approximate surface area is 177 Å². The average Bonchev–Trinajstić information content (AvgIpc) is 2.54. The first-order valence-electron chi connectivity index (χ1n) is 9.88. The van der Waals surface area contributed by atoms with Gasteiger partial charge in [0.15, 0.2) is 0 Å². The monoisotopic (exact) mass is 366 g/mol. The Balaban J connectivity index is 0. The summed E-state index contributed by atoms with van der Waals surface area (Å²) in [6.07, 6.45) is 11.3. The number of rotatable bonds is 15. The van der Waals surface area contributed by atoms with Crippen molar-refractivity contribution in [3.8, 4) is 0 Å². The van der Waals surface area contributed by atoms with E-state index in [1.807, 2.05) is 13.8 Å². The van der Waals surface area contributed by atoms with Crippen molar-refractivity contribution >= 4 is 41.5 Å². The van der Waals surface area contributed by atoms with Gasteiger partial charge in [0.25, 0.3) is 0 Å². The van der Waals surface area contributed by atoms with Crippen LogP contribution in [0.1, 0.15) is 105 Å². The second-order valence-corrected chi connectivity index (χ2v) is 6.80. The fourth-order valence-electron chi connectivity index (χ4n) is 2.61. The summed E-state index contributed by atoms with van der Waals surface area (Å²) in [7, 11) is 0. The van der Waals surface area contributed by atoms with E-state index in [2.05, 4.69) is 13.8 Å². The number of carbonyl (C=O) groups is 2. The molecule has 0 aliphatic rings. The molecule has 4 nitrogen and oxygen atoms in total. The fraction of sp³-hybridized carbons (Fsp3) is 0.900. The van der Waals surface area contributed by atoms with Gasteiger partial charge in [-0.3, -0.25) is 9.59 Å². The van der Waals surface area contributed by atoms with Crippen molar-refractivity contribution < 1.29 is 19.1 Å². The van der Waals surface area contributed by atoms with Crippen LogP contribution in [0.4, 0.5) is 0 Å². The first kappa shape index (κ1) is 27.2. The van der Waals surface area contributed by atoms with E-state index in [1.54, 1.807) is 0 Å². The molecule has 0 rings (SSSR count). The number of hydrogen-bond acceptors (Lipinski definition) is 4. The van der Waals surface area contributed by atoms with Crippen LogP contribution in [0.5, 0.6) is 0 Å². The Bertz CT molecular complexity index is 302. The first-order chi connectivity index (χ1) is 11.5. The third-order valence-electron chi connectivity index (χ3n) is 4.13. The first-order valence-corrected chi connectivity index (χ1v) is 9.88. The summed E-state index contributed by atoms with van der Waals surface area (Å²) >= 11 is 0. The van der Waals surface area contributed by atoms with E-state index in [0.717, 1.165) is 25.7 Å². The zero-order valence-electron chi connectivity index (χ0n) is 16.3. The second kappa shape index (κ2) is 18.7. The summed E-state index contributed by atoms with van der Waals surface area (Å²) in [6.45, 7) is 8.18. The summed E-state index contributed by atoms with van der Waals surface area (Å²) in [5.74, 6) is -0.601. The van der Waals surface area contributed by atoms with Crippen LogP contribution in [0, 0.1) is 0 Å². The van der Waals surface area contributed by atoms with E-state index < -0.39 is 0 Å². The van der Waals surface area contributed by atoms with Gasteiger partial charge in [-0.2, -0.15) is 0 Å². The molecule has 0 aromatic carbocycles. The Kier molecular flexibility index (Phi) is 20.3. The molecule has 0 aliphatic heterocycles. The zero-order valence-corrected chi connectivity index (χ0v) is 16.3. The van der Waals surface area contributed by atoms with Crippen LogP contribution in [0.2, 0.25) is 0 Å². The van der Waals surface area contributed by atoms with E-state index in [1.165, 1.54) is 38.5 Å². The normalized spacial score (nSPS) is 12.8. The van der Waals surface area contributed by atoms with Gasteiger partial charge in [0.1, 0.15) is 0 Å². The van der Waals surface area contributed by atoms with Crippen molar-refractivity contribution in [1.29, 1.82) is 0 Å². The number of carbonyl (C=O) groups excluding carboxylic acids is 2. The van der Waals surface area contributed by atoms with Crippen molar-refractivity contribution in [1.82, 2.24) is 0 Å². The zero-order chi connectivity index (χ0) is 18.2. The van der Waals surface area contributed by atoms with Crippen LogP contribution in [0.3, 0.4) is 0 Å². The molecule has 0 amide bonds. The Morgan fingerprint density at radius 1 is 0.680 bits per heavy atom. The molecule has 0 bridgehead atoms. The van der Waals surface area contributed by atoms with Crippen LogP contribution < -0.4 is 0 Å². The summed E-state index contributed by atoms with van der Waals surface area (Å²) in [6, 6.07) is 0. The number of ether oxygens (including phenoxy) is 2. The van der Waals surface area contributed by atoms with Crippen LogP contribution in [-0.2, 0) is 19.1 Å².